The van der Waals surface area contributed by atoms with E-state index in [-0.39, 0.29) is 18.1 Å². The van der Waals surface area contributed by atoms with Gasteiger partial charge in [0.2, 0.25) is 17.7 Å². The number of hydrogen-bond donors (Lipinski definition) is 7. The van der Waals surface area contributed by atoms with Crippen LogP contribution in [-0.4, -0.2) is 69.8 Å². The minimum Gasteiger partial charge on any atom is -0.508 e. The second-order valence-electron chi connectivity index (χ2n) is 7.67. The standard InChI is InChI=1S/C21H32N4O7/c1-4-11(2)17(25-18(28)12(3)22)20(30)23-15(9-13-5-7-14(27)8-6-13)19(29)24-16(10-26)21(31)32/h5-8,11-12,15-17,26-27H,4,9-10,22H2,1-3H3,(H,23,30)(H,24,29)(H,25,28)(H,31,32). The Morgan fingerprint density at radius 1 is 0.938 bits per heavy atom. The van der Waals surface area contributed by atoms with Crippen LogP contribution < -0.4 is 21.7 Å². The molecule has 11 heteroatoms. The highest BCUT2D eigenvalue weighted by atomic mass is 16.4. The minimum atomic E-state index is -1.55. The van der Waals surface area contributed by atoms with Gasteiger partial charge in [-0.3, -0.25) is 14.4 Å². The molecule has 0 heterocycles. The van der Waals surface area contributed by atoms with Gasteiger partial charge in [-0.25, -0.2) is 4.79 Å². The molecule has 0 spiro atoms. The van der Waals surface area contributed by atoms with Crippen molar-refractivity contribution in [3.63, 3.8) is 0 Å². The number of aromatic hydroxyl groups is 1. The van der Waals surface area contributed by atoms with Gasteiger partial charge in [0, 0.05) is 6.42 Å². The fourth-order valence-electron chi connectivity index (χ4n) is 2.78. The SMILES string of the molecule is CCC(C)C(NC(=O)C(C)N)C(=O)NC(Cc1ccc(O)cc1)C(=O)NC(CO)C(=O)O. The molecule has 0 saturated carbocycles. The fourth-order valence-corrected chi connectivity index (χ4v) is 2.78. The molecule has 32 heavy (non-hydrogen) atoms. The number of aliphatic carboxylic acids is 1. The first kappa shape index (κ1) is 26.9. The summed E-state index contributed by atoms with van der Waals surface area (Å²) in [6.07, 6.45) is 0.530. The zero-order valence-electron chi connectivity index (χ0n) is 18.4. The van der Waals surface area contributed by atoms with Crippen LogP contribution in [0.2, 0.25) is 0 Å². The Bertz CT molecular complexity index is 798. The van der Waals surface area contributed by atoms with Crippen molar-refractivity contribution in [2.24, 2.45) is 11.7 Å². The number of phenolic OH excluding ortho intramolecular Hbond substituents is 1. The van der Waals surface area contributed by atoms with Gasteiger partial charge >= 0.3 is 5.97 Å². The van der Waals surface area contributed by atoms with Crippen molar-refractivity contribution in [2.45, 2.75) is 57.8 Å². The Morgan fingerprint density at radius 2 is 1.50 bits per heavy atom. The van der Waals surface area contributed by atoms with Crippen molar-refractivity contribution >= 4 is 23.7 Å². The Labute approximate surface area is 186 Å². The maximum Gasteiger partial charge on any atom is 0.328 e. The van der Waals surface area contributed by atoms with Crippen molar-refractivity contribution < 1.29 is 34.5 Å². The molecule has 178 valence electrons. The third-order valence-corrected chi connectivity index (χ3v) is 5.01. The van der Waals surface area contributed by atoms with Gasteiger partial charge in [0.25, 0.3) is 0 Å². The highest BCUT2D eigenvalue weighted by Gasteiger charge is 2.32. The Hall–Kier alpha value is -3.18. The van der Waals surface area contributed by atoms with Crippen LogP contribution in [0.15, 0.2) is 24.3 Å². The molecule has 0 saturated heterocycles. The van der Waals surface area contributed by atoms with Gasteiger partial charge in [0.15, 0.2) is 0 Å². The topological polar surface area (TPSA) is 191 Å². The average molecular weight is 453 g/mol. The van der Waals surface area contributed by atoms with Crippen LogP contribution in [0, 0.1) is 5.92 Å². The fraction of sp³-hybridized carbons (Fsp3) is 0.524. The number of carboxylic acid groups (broad SMARTS) is 1. The first-order valence-corrected chi connectivity index (χ1v) is 10.3. The minimum absolute atomic E-state index is 0.0143. The molecule has 1 aromatic carbocycles. The third-order valence-electron chi connectivity index (χ3n) is 5.01. The van der Waals surface area contributed by atoms with E-state index in [9.17, 15) is 29.4 Å². The molecule has 0 aliphatic rings. The van der Waals surface area contributed by atoms with Gasteiger partial charge in [0.1, 0.15) is 23.9 Å². The van der Waals surface area contributed by atoms with Crippen molar-refractivity contribution in [1.82, 2.24) is 16.0 Å². The number of aliphatic hydroxyl groups is 1. The number of benzene rings is 1. The van der Waals surface area contributed by atoms with E-state index in [4.69, 9.17) is 10.8 Å². The zero-order valence-corrected chi connectivity index (χ0v) is 18.4. The molecule has 8 N–H and O–H groups in total. The number of phenols is 1. The van der Waals surface area contributed by atoms with Crippen molar-refractivity contribution in [2.75, 3.05) is 6.61 Å². The van der Waals surface area contributed by atoms with E-state index < -0.39 is 54.5 Å². The molecule has 0 aliphatic heterocycles. The van der Waals surface area contributed by atoms with Crippen LogP contribution in [0.4, 0.5) is 0 Å². The second kappa shape index (κ2) is 12.6. The largest absolute Gasteiger partial charge is 0.508 e. The molecule has 3 amide bonds. The number of rotatable bonds is 12. The van der Waals surface area contributed by atoms with Gasteiger partial charge in [-0.1, -0.05) is 32.4 Å². The Balaban J connectivity index is 3.13. The van der Waals surface area contributed by atoms with Crippen LogP contribution in [0.1, 0.15) is 32.8 Å². The van der Waals surface area contributed by atoms with Crippen LogP contribution in [0.25, 0.3) is 0 Å². The highest BCUT2D eigenvalue weighted by Crippen LogP contribution is 2.13. The Morgan fingerprint density at radius 3 is 1.97 bits per heavy atom. The quantitative estimate of drug-likeness (QED) is 0.207. The molecule has 1 aromatic rings. The summed E-state index contributed by atoms with van der Waals surface area (Å²) in [5, 5.41) is 35.1. The Kier molecular flexibility index (Phi) is 10.6. The van der Waals surface area contributed by atoms with Crippen LogP contribution in [-0.2, 0) is 25.6 Å². The number of nitrogens with one attached hydrogen (secondary N) is 3. The first-order valence-electron chi connectivity index (χ1n) is 10.3. The van der Waals surface area contributed by atoms with Gasteiger partial charge in [-0.15, -0.1) is 0 Å². The monoisotopic (exact) mass is 452 g/mol. The molecule has 1 rings (SSSR count). The summed E-state index contributed by atoms with van der Waals surface area (Å²) >= 11 is 0. The van der Waals surface area contributed by atoms with Crippen LogP contribution >= 0.6 is 0 Å². The molecule has 5 unspecified atom stereocenters. The van der Waals surface area contributed by atoms with E-state index in [1.54, 1.807) is 19.1 Å². The lowest BCUT2D eigenvalue weighted by Gasteiger charge is -2.27. The molecule has 0 radical (unpaired) electrons. The smallest absolute Gasteiger partial charge is 0.328 e. The average Bonchev–Trinajstić information content (AvgIpc) is 2.75. The molecule has 0 fully saturated rings. The predicted molar refractivity (Wildman–Crippen MR) is 115 cm³/mol. The normalized spacial score (nSPS) is 15.5. The van der Waals surface area contributed by atoms with Crippen LogP contribution in [0.5, 0.6) is 5.75 Å². The van der Waals surface area contributed by atoms with Crippen molar-refractivity contribution in [3.05, 3.63) is 29.8 Å². The lowest BCUT2D eigenvalue weighted by Crippen LogP contribution is -2.59. The van der Waals surface area contributed by atoms with Gasteiger partial charge < -0.3 is 37.0 Å². The van der Waals surface area contributed by atoms with E-state index in [1.807, 2.05) is 6.92 Å². The van der Waals surface area contributed by atoms with E-state index in [2.05, 4.69) is 16.0 Å². The van der Waals surface area contributed by atoms with E-state index in [0.29, 0.717) is 12.0 Å². The summed E-state index contributed by atoms with van der Waals surface area (Å²) in [6, 6.07) is 1.34. The lowest BCUT2D eigenvalue weighted by atomic mass is 9.96. The van der Waals surface area contributed by atoms with E-state index >= 15 is 0 Å². The summed E-state index contributed by atoms with van der Waals surface area (Å²) in [4.78, 5) is 49.0. The summed E-state index contributed by atoms with van der Waals surface area (Å²) in [5.41, 5.74) is 6.16. The summed E-state index contributed by atoms with van der Waals surface area (Å²) < 4.78 is 0. The van der Waals surface area contributed by atoms with Crippen LogP contribution in [0.3, 0.4) is 0 Å². The molecular weight excluding hydrogens is 420 g/mol. The maximum absolute atomic E-state index is 13.0. The van der Waals surface area contributed by atoms with Gasteiger partial charge in [-0.05, 0) is 30.5 Å². The van der Waals surface area contributed by atoms with E-state index in [1.165, 1.54) is 19.1 Å². The third kappa shape index (κ3) is 8.16. The van der Waals surface area contributed by atoms with Gasteiger partial charge in [-0.2, -0.15) is 0 Å². The number of carbonyl (C=O) groups excluding carboxylic acids is 3. The number of hydrogen-bond acceptors (Lipinski definition) is 7. The molecule has 0 aromatic heterocycles. The number of amides is 3. The zero-order chi connectivity index (χ0) is 24.4. The molecule has 0 aliphatic carbocycles. The molecule has 5 atom stereocenters. The maximum atomic E-state index is 13.0. The number of carbonyl (C=O) groups is 4. The van der Waals surface area contributed by atoms with E-state index in [0.717, 1.165) is 0 Å². The van der Waals surface area contributed by atoms with Crippen molar-refractivity contribution in [3.8, 4) is 5.75 Å². The highest BCUT2D eigenvalue weighted by molar-refractivity contribution is 5.94. The first-order chi connectivity index (χ1) is 15.0. The number of nitrogens with two attached hydrogens (primary N) is 1. The number of carboxylic acids is 1. The summed E-state index contributed by atoms with van der Waals surface area (Å²) in [6.45, 7) is 4.24. The summed E-state index contributed by atoms with van der Waals surface area (Å²) in [7, 11) is 0. The summed E-state index contributed by atoms with van der Waals surface area (Å²) in [5.74, 6) is -3.69. The molecule has 11 nitrogen and oxygen atoms in total. The second-order valence-corrected chi connectivity index (χ2v) is 7.67. The predicted octanol–water partition coefficient (Wildman–Crippen LogP) is -1.14. The molecule has 0 bridgehead atoms. The lowest BCUT2D eigenvalue weighted by molar-refractivity contribution is -0.143. The number of aliphatic hydroxyl groups excluding tert-OH is 1. The van der Waals surface area contributed by atoms with Crippen molar-refractivity contribution in [1.29, 1.82) is 0 Å². The molecular formula is C21H32N4O7. The van der Waals surface area contributed by atoms with Gasteiger partial charge in [0.05, 0.1) is 12.6 Å².